The van der Waals surface area contributed by atoms with Crippen LogP contribution >= 0.6 is 0 Å². The van der Waals surface area contributed by atoms with Crippen LogP contribution in [0.25, 0.3) is 0 Å². The van der Waals surface area contributed by atoms with E-state index in [4.69, 9.17) is 23.7 Å². The van der Waals surface area contributed by atoms with Crippen LogP contribution in [0.3, 0.4) is 0 Å². The van der Waals surface area contributed by atoms with E-state index in [1.807, 2.05) is 0 Å². The van der Waals surface area contributed by atoms with E-state index in [1.54, 1.807) is 24.3 Å². The first kappa shape index (κ1) is 16.4. The zero-order valence-corrected chi connectivity index (χ0v) is 12.9. The van der Waals surface area contributed by atoms with Gasteiger partial charge in [0.05, 0.1) is 13.2 Å². The van der Waals surface area contributed by atoms with Gasteiger partial charge in [-0.3, -0.25) is 0 Å². The molecule has 1 atom stereocenters. The highest BCUT2D eigenvalue weighted by molar-refractivity contribution is 5.31. The van der Waals surface area contributed by atoms with Crippen molar-refractivity contribution in [2.75, 3.05) is 27.1 Å². The molecule has 0 radical (unpaired) electrons. The molecule has 7 heteroatoms. The van der Waals surface area contributed by atoms with Crippen molar-refractivity contribution >= 4 is 0 Å². The maximum Gasteiger partial charge on any atom is 0.284 e. The highest BCUT2D eigenvalue weighted by atomic mass is 19.3. The lowest BCUT2D eigenvalue weighted by molar-refractivity contribution is -0.242. The normalized spacial score (nSPS) is 25.4. The van der Waals surface area contributed by atoms with Crippen LogP contribution in [-0.4, -0.2) is 44.9 Å². The van der Waals surface area contributed by atoms with Crippen LogP contribution in [0.4, 0.5) is 8.78 Å². The van der Waals surface area contributed by atoms with Crippen molar-refractivity contribution in [3.8, 4) is 11.5 Å². The molecule has 1 aromatic rings. The molecule has 0 N–H and O–H groups in total. The van der Waals surface area contributed by atoms with Crippen LogP contribution in [0.2, 0.25) is 0 Å². The fourth-order valence-corrected chi connectivity index (χ4v) is 2.84. The number of hydrogen-bond acceptors (Lipinski definition) is 5. The summed E-state index contributed by atoms with van der Waals surface area (Å²) >= 11 is 0. The minimum Gasteiger partial charge on any atom is -0.484 e. The second-order valence-corrected chi connectivity index (χ2v) is 5.70. The van der Waals surface area contributed by atoms with Crippen molar-refractivity contribution in [3.63, 3.8) is 0 Å². The van der Waals surface area contributed by atoms with E-state index in [0.717, 1.165) is 0 Å². The Morgan fingerprint density at radius 2 is 1.74 bits per heavy atom. The largest absolute Gasteiger partial charge is 0.484 e. The van der Waals surface area contributed by atoms with E-state index in [-0.39, 0.29) is 26.1 Å². The van der Waals surface area contributed by atoms with E-state index >= 15 is 0 Å². The highest BCUT2D eigenvalue weighted by Crippen LogP contribution is 2.44. The smallest absolute Gasteiger partial charge is 0.284 e. The van der Waals surface area contributed by atoms with Gasteiger partial charge in [0.25, 0.3) is 5.92 Å². The van der Waals surface area contributed by atoms with Gasteiger partial charge in [-0.2, -0.15) is 0 Å². The average Bonchev–Trinajstić information content (AvgIpc) is 2.99. The summed E-state index contributed by atoms with van der Waals surface area (Å²) in [7, 11) is 1.52. The van der Waals surface area contributed by atoms with Crippen LogP contribution in [0, 0.1) is 0 Å². The maximum absolute atomic E-state index is 14.2. The lowest BCUT2D eigenvalue weighted by Crippen LogP contribution is -2.51. The van der Waals surface area contributed by atoms with Crippen LogP contribution in [0.15, 0.2) is 24.3 Å². The number of benzene rings is 1. The first-order valence-electron chi connectivity index (χ1n) is 7.57. The van der Waals surface area contributed by atoms with Crippen LogP contribution in [0.1, 0.15) is 19.3 Å². The average molecular weight is 330 g/mol. The number of halogens is 2. The first-order chi connectivity index (χ1) is 11.0. The van der Waals surface area contributed by atoms with Crippen molar-refractivity contribution in [3.05, 3.63) is 24.3 Å². The molecule has 128 valence electrons. The SMILES string of the molecule is COCOc1ccc(OC2CC3(CCC2(F)F)OCCO3)cc1. The van der Waals surface area contributed by atoms with Gasteiger partial charge in [0, 0.05) is 26.4 Å². The summed E-state index contributed by atoms with van der Waals surface area (Å²) in [5.41, 5.74) is 0. The molecule has 5 nitrogen and oxygen atoms in total. The van der Waals surface area contributed by atoms with Gasteiger partial charge in [0.2, 0.25) is 0 Å². The third kappa shape index (κ3) is 3.73. The first-order valence-corrected chi connectivity index (χ1v) is 7.57. The minimum atomic E-state index is -2.91. The molecule has 0 aromatic heterocycles. The predicted octanol–water partition coefficient (Wildman–Crippen LogP) is 2.98. The van der Waals surface area contributed by atoms with Gasteiger partial charge in [-0.05, 0) is 24.3 Å². The van der Waals surface area contributed by atoms with Crippen LogP contribution < -0.4 is 9.47 Å². The molecule has 1 aliphatic carbocycles. The van der Waals surface area contributed by atoms with Crippen molar-refractivity contribution in [1.82, 2.24) is 0 Å². The molecule has 23 heavy (non-hydrogen) atoms. The summed E-state index contributed by atoms with van der Waals surface area (Å²) in [6, 6.07) is 6.48. The van der Waals surface area contributed by atoms with Gasteiger partial charge >= 0.3 is 0 Å². The quantitative estimate of drug-likeness (QED) is 0.777. The fraction of sp³-hybridized carbons (Fsp3) is 0.625. The van der Waals surface area contributed by atoms with Crippen molar-refractivity contribution in [1.29, 1.82) is 0 Å². The second-order valence-electron chi connectivity index (χ2n) is 5.70. The summed E-state index contributed by atoms with van der Waals surface area (Å²) in [4.78, 5) is 0. The fourth-order valence-electron chi connectivity index (χ4n) is 2.84. The summed E-state index contributed by atoms with van der Waals surface area (Å²) in [6.45, 7) is 0.992. The molecule has 3 rings (SSSR count). The molecule has 2 fully saturated rings. The highest BCUT2D eigenvalue weighted by Gasteiger charge is 2.54. The van der Waals surface area contributed by atoms with E-state index in [9.17, 15) is 8.78 Å². The molecule has 1 saturated heterocycles. The topological polar surface area (TPSA) is 46.2 Å². The van der Waals surface area contributed by atoms with E-state index < -0.39 is 17.8 Å². The second kappa shape index (κ2) is 6.59. The number of hydrogen-bond donors (Lipinski definition) is 0. The van der Waals surface area contributed by atoms with Gasteiger partial charge in [-0.25, -0.2) is 8.78 Å². The molecule has 1 saturated carbocycles. The van der Waals surface area contributed by atoms with Crippen LogP contribution in [0.5, 0.6) is 11.5 Å². The Kier molecular flexibility index (Phi) is 4.70. The van der Waals surface area contributed by atoms with E-state index in [1.165, 1.54) is 7.11 Å². The van der Waals surface area contributed by atoms with E-state index in [2.05, 4.69) is 0 Å². The Morgan fingerprint density at radius 1 is 1.09 bits per heavy atom. The Bertz CT molecular complexity index is 514. The molecule has 1 spiro atoms. The van der Waals surface area contributed by atoms with Crippen molar-refractivity contribution < 1.29 is 32.5 Å². The Labute approximate surface area is 133 Å². The minimum absolute atomic E-state index is 0.0158. The van der Waals surface area contributed by atoms with E-state index in [0.29, 0.717) is 24.7 Å². The third-order valence-corrected chi connectivity index (χ3v) is 4.07. The molecule has 1 aromatic carbocycles. The van der Waals surface area contributed by atoms with Gasteiger partial charge in [0.15, 0.2) is 18.7 Å². The number of alkyl halides is 2. The molecule has 2 aliphatic rings. The number of rotatable bonds is 5. The molecule has 1 heterocycles. The molecule has 0 amide bonds. The monoisotopic (exact) mass is 330 g/mol. The summed E-state index contributed by atoms with van der Waals surface area (Å²) in [6.07, 6.45) is -1.39. The third-order valence-electron chi connectivity index (χ3n) is 4.07. The van der Waals surface area contributed by atoms with Crippen molar-refractivity contribution in [2.24, 2.45) is 0 Å². The summed E-state index contributed by atoms with van der Waals surface area (Å²) in [5.74, 6) is -2.90. The Balaban J connectivity index is 1.66. The van der Waals surface area contributed by atoms with Gasteiger partial charge in [0.1, 0.15) is 11.5 Å². The molecule has 0 bridgehead atoms. The van der Waals surface area contributed by atoms with Gasteiger partial charge < -0.3 is 23.7 Å². The summed E-state index contributed by atoms with van der Waals surface area (Å²) < 4.78 is 55.0. The molecular weight excluding hydrogens is 310 g/mol. The maximum atomic E-state index is 14.2. The number of ether oxygens (including phenoxy) is 5. The summed E-state index contributed by atoms with van der Waals surface area (Å²) in [5, 5.41) is 0. The zero-order valence-electron chi connectivity index (χ0n) is 12.9. The van der Waals surface area contributed by atoms with Gasteiger partial charge in [-0.1, -0.05) is 0 Å². The molecule has 1 unspecified atom stereocenters. The van der Waals surface area contributed by atoms with Gasteiger partial charge in [-0.15, -0.1) is 0 Å². The van der Waals surface area contributed by atoms with Crippen LogP contribution in [-0.2, 0) is 14.2 Å². The Hall–Kier alpha value is -1.44. The Morgan fingerprint density at radius 3 is 2.39 bits per heavy atom. The molecule has 1 aliphatic heterocycles. The van der Waals surface area contributed by atoms with Crippen molar-refractivity contribution in [2.45, 2.75) is 37.1 Å². The standard InChI is InChI=1S/C16H20F2O5/c1-19-11-20-12-2-4-13(5-3-12)23-14-10-15(21-8-9-22-15)6-7-16(14,17)18/h2-5,14H,6-11H2,1H3. The number of methoxy groups -OCH3 is 1. The lowest BCUT2D eigenvalue weighted by Gasteiger charge is -2.40. The molecular formula is C16H20F2O5. The lowest BCUT2D eigenvalue weighted by atomic mass is 9.88. The predicted molar refractivity (Wildman–Crippen MR) is 76.8 cm³/mol. The zero-order chi connectivity index (χ0) is 16.3.